The highest BCUT2D eigenvalue weighted by atomic mass is 79.9. The van der Waals surface area contributed by atoms with Crippen molar-refractivity contribution in [1.29, 1.82) is 0 Å². The highest BCUT2D eigenvalue weighted by molar-refractivity contribution is 9.11. The lowest BCUT2D eigenvalue weighted by Gasteiger charge is -2.01. The Bertz CT molecular complexity index is 837. The molecule has 0 aliphatic carbocycles. The van der Waals surface area contributed by atoms with Crippen LogP contribution in [0, 0.1) is 0 Å². The number of rotatable bonds is 4. The van der Waals surface area contributed by atoms with Gasteiger partial charge in [0.2, 0.25) is 0 Å². The van der Waals surface area contributed by atoms with Crippen molar-refractivity contribution in [2.45, 2.75) is 0 Å². The smallest absolute Gasteiger partial charge is 0.117 e. The van der Waals surface area contributed by atoms with Gasteiger partial charge in [-0.2, -0.15) is 0 Å². The minimum Gasteiger partial charge on any atom is -0.544 e. The van der Waals surface area contributed by atoms with Crippen LogP contribution in [-0.4, -0.2) is 11.0 Å². The van der Waals surface area contributed by atoms with Crippen molar-refractivity contribution in [1.82, 2.24) is 4.98 Å². The van der Waals surface area contributed by atoms with E-state index >= 15 is 0 Å². The van der Waals surface area contributed by atoms with Crippen LogP contribution in [0.15, 0.2) is 46.3 Å². The molecule has 6 heteroatoms. The van der Waals surface area contributed by atoms with Gasteiger partial charge < -0.3 is 9.90 Å². The Morgan fingerprint density at radius 3 is 2.50 bits per heavy atom. The van der Waals surface area contributed by atoms with E-state index in [-0.39, 0.29) is 4.88 Å². The first-order chi connectivity index (χ1) is 10.6. The summed E-state index contributed by atoms with van der Waals surface area (Å²) in [5.74, 6) is -1.20. The fourth-order valence-electron chi connectivity index (χ4n) is 1.91. The van der Waals surface area contributed by atoms with E-state index in [0.717, 1.165) is 25.6 Å². The fourth-order valence-corrected chi connectivity index (χ4v) is 4.06. The summed E-state index contributed by atoms with van der Waals surface area (Å²) >= 11 is 6.13. The molecule has 0 bridgehead atoms. The van der Waals surface area contributed by atoms with Crippen LogP contribution >= 0.6 is 38.6 Å². The average Bonchev–Trinajstić information content (AvgIpc) is 3.12. The Morgan fingerprint density at radius 2 is 1.86 bits per heavy atom. The maximum absolute atomic E-state index is 11.3. The number of hydrogen-bond acceptors (Lipinski definition) is 5. The molecule has 0 spiro atoms. The van der Waals surface area contributed by atoms with Gasteiger partial charge in [-0.15, -0.1) is 22.7 Å². The summed E-state index contributed by atoms with van der Waals surface area (Å²) in [5.41, 5.74) is 1.23. The van der Waals surface area contributed by atoms with E-state index in [1.165, 1.54) is 0 Å². The van der Waals surface area contributed by atoms with Gasteiger partial charge in [-0.3, -0.25) is 0 Å². The van der Waals surface area contributed by atoms with Crippen LogP contribution in [0.3, 0.4) is 0 Å². The fraction of sp³-hybridized carbons (Fsp3) is 0. The predicted molar refractivity (Wildman–Crippen MR) is 92.8 cm³/mol. The molecule has 3 rings (SSSR count). The van der Waals surface area contributed by atoms with Crippen molar-refractivity contribution in [3.8, 4) is 11.3 Å². The number of carboxylic acids is 1. The lowest BCUT2D eigenvalue weighted by Crippen LogP contribution is -2.21. The lowest BCUT2D eigenvalue weighted by atomic mass is 10.1. The monoisotopic (exact) mass is 390 g/mol. The average molecular weight is 391 g/mol. The molecular formula is C16H9BrNO2S2-. The number of nitrogens with zero attached hydrogens (tertiary/aromatic N) is 1. The van der Waals surface area contributed by atoms with Crippen LogP contribution in [0.5, 0.6) is 0 Å². The van der Waals surface area contributed by atoms with E-state index in [0.29, 0.717) is 10.7 Å². The van der Waals surface area contributed by atoms with Gasteiger partial charge in [0.15, 0.2) is 0 Å². The highest BCUT2D eigenvalue weighted by Gasteiger charge is 2.12. The summed E-state index contributed by atoms with van der Waals surface area (Å²) in [6, 6.07) is 13.2. The second-order valence-electron chi connectivity index (χ2n) is 4.36. The van der Waals surface area contributed by atoms with Crippen molar-refractivity contribution < 1.29 is 9.90 Å². The molecule has 0 saturated heterocycles. The van der Waals surface area contributed by atoms with E-state index in [2.05, 4.69) is 20.9 Å². The molecule has 0 saturated carbocycles. The van der Waals surface area contributed by atoms with Crippen molar-refractivity contribution in [2.24, 2.45) is 0 Å². The third-order valence-corrected chi connectivity index (χ3v) is 5.45. The van der Waals surface area contributed by atoms with Crippen LogP contribution in [0.1, 0.15) is 19.6 Å². The molecule has 3 aromatic rings. The van der Waals surface area contributed by atoms with Crippen LogP contribution in [0.4, 0.5) is 0 Å². The molecule has 22 heavy (non-hydrogen) atoms. The van der Waals surface area contributed by atoms with Gasteiger partial charge in [0, 0.05) is 10.4 Å². The summed E-state index contributed by atoms with van der Waals surface area (Å²) in [6.45, 7) is 0. The van der Waals surface area contributed by atoms with Gasteiger partial charge in [-0.05, 0) is 40.2 Å². The zero-order chi connectivity index (χ0) is 15.5. The van der Waals surface area contributed by atoms with Crippen LogP contribution in [0.25, 0.3) is 23.4 Å². The SMILES string of the molecule is O=C([O-])c1sc(/C=C/c2ccc(Br)s2)nc1-c1ccccc1. The minimum absolute atomic E-state index is 0.151. The predicted octanol–water partition coefficient (Wildman–Crippen LogP) is 4.17. The Morgan fingerprint density at radius 1 is 1.09 bits per heavy atom. The van der Waals surface area contributed by atoms with Gasteiger partial charge in [0.05, 0.1) is 20.3 Å². The van der Waals surface area contributed by atoms with Crippen molar-refractivity contribution in [3.05, 3.63) is 61.0 Å². The summed E-state index contributed by atoms with van der Waals surface area (Å²) in [5, 5.41) is 12.0. The maximum atomic E-state index is 11.3. The quantitative estimate of drug-likeness (QED) is 0.671. The first kappa shape index (κ1) is 15.1. The van der Waals surface area contributed by atoms with Gasteiger partial charge in [-0.1, -0.05) is 30.3 Å². The molecule has 0 amide bonds. The number of carbonyl (C=O) groups excluding carboxylic acids is 1. The molecule has 0 aliphatic rings. The topological polar surface area (TPSA) is 53.0 Å². The zero-order valence-corrected chi connectivity index (χ0v) is 14.4. The van der Waals surface area contributed by atoms with Crippen molar-refractivity contribution in [3.63, 3.8) is 0 Å². The first-order valence-corrected chi connectivity index (χ1v) is 8.77. The maximum Gasteiger partial charge on any atom is 0.117 e. The van der Waals surface area contributed by atoms with E-state index in [1.807, 2.05) is 54.6 Å². The van der Waals surface area contributed by atoms with Gasteiger partial charge in [-0.25, -0.2) is 4.98 Å². The van der Waals surface area contributed by atoms with E-state index < -0.39 is 5.97 Å². The van der Waals surface area contributed by atoms with Gasteiger partial charge in [0.25, 0.3) is 0 Å². The number of aromatic nitrogens is 1. The second-order valence-corrected chi connectivity index (χ2v) is 7.88. The van der Waals surface area contributed by atoms with Crippen LogP contribution in [0.2, 0.25) is 0 Å². The summed E-state index contributed by atoms with van der Waals surface area (Å²) in [7, 11) is 0. The summed E-state index contributed by atoms with van der Waals surface area (Å²) in [6.07, 6.45) is 3.74. The molecule has 0 fully saturated rings. The number of carbonyl (C=O) groups is 1. The standard InChI is InChI=1S/C16H10BrNO2S2/c17-12-8-6-11(21-12)7-9-13-18-14(15(22-13)16(19)20)10-4-2-1-3-5-10/h1-9H,(H,19,20)/p-1/b9-7+. The third-order valence-electron chi connectivity index (χ3n) is 2.86. The number of carboxylic acid groups (broad SMARTS) is 1. The van der Waals surface area contributed by atoms with Crippen molar-refractivity contribution >= 4 is 56.7 Å². The van der Waals surface area contributed by atoms with E-state index in [4.69, 9.17) is 0 Å². The molecule has 0 unspecified atom stereocenters. The van der Waals surface area contributed by atoms with E-state index in [1.54, 1.807) is 11.3 Å². The normalized spacial score (nSPS) is 11.1. The lowest BCUT2D eigenvalue weighted by molar-refractivity contribution is -0.254. The molecule has 2 heterocycles. The third kappa shape index (κ3) is 3.35. The van der Waals surface area contributed by atoms with Crippen LogP contribution in [-0.2, 0) is 0 Å². The van der Waals surface area contributed by atoms with Crippen LogP contribution < -0.4 is 5.11 Å². The van der Waals surface area contributed by atoms with E-state index in [9.17, 15) is 9.90 Å². The largest absolute Gasteiger partial charge is 0.544 e. The highest BCUT2D eigenvalue weighted by Crippen LogP contribution is 2.29. The molecule has 0 atom stereocenters. The summed E-state index contributed by atoms with van der Waals surface area (Å²) in [4.78, 5) is 17.0. The number of aromatic carboxylic acids is 1. The Kier molecular flexibility index (Phi) is 4.52. The molecule has 3 nitrogen and oxygen atoms in total. The molecule has 2 aromatic heterocycles. The Balaban J connectivity index is 1.97. The summed E-state index contributed by atoms with van der Waals surface area (Å²) < 4.78 is 1.05. The Hall–Kier alpha value is -1.76. The minimum atomic E-state index is -1.20. The van der Waals surface area contributed by atoms with Gasteiger partial charge >= 0.3 is 0 Å². The van der Waals surface area contributed by atoms with Gasteiger partial charge in [0.1, 0.15) is 5.01 Å². The number of thiazole rings is 1. The number of benzene rings is 1. The van der Waals surface area contributed by atoms with Crippen molar-refractivity contribution in [2.75, 3.05) is 0 Å². The number of halogens is 1. The molecule has 1 aromatic carbocycles. The molecular weight excluding hydrogens is 382 g/mol. The zero-order valence-electron chi connectivity index (χ0n) is 11.2. The molecule has 110 valence electrons. The number of thiophene rings is 1. The molecule has 0 N–H and O–H groups in total. The number of hydrogen-bond donors (Lipinski definition) is 0. The molecule has 0 aliphatic heterocycles. The second kappa shape index (κ2) is 6.56. The molecule has 0 radical (unpaired) electrons. The first-order valence-electron chi connectivity index (χ1n) is 6.34. The Labute approximate surface area is 143 Å².